The maximum atomic E-state index is 10.1. The van der Waals surface area contributed by atoms with Crippen molar-refractivity contribution < 1.29 is 9.53 Å². The molecule has 1 aliphatic rings. The summed E-state index contributed by atoms with van der Waals surface area (Å²) < 4.78 is 7.32. The Morgan fingerprint density at radius 1 is 0.844 bits per heavy atom. The molecule has 4 heteroatoms. The highest BCUT2D eigenvalue weighted by molar-refractivity contribution is 6.99. The van der Waals surface area contributed by atoms with Gasteiger partial charge in [-0.15, -0.1) is 0 Å². The predicted molar refractivity (Wildman–Crippen MR) is 135 cm³/mol. The summed E-state index contributed by atoms with van der Waals surface area (Å²) in [5, 5.41) is 12.7. The molecular formula is C28H35NO2Si. The largest absolute Gasteiger partial charge is 0.403 e. The number of hydrogen-bond acceptors (Lipinski definition) is 3. The van der Waals surface area contributed by atoms with Crippen LogP contribution in [-0.4, -0.2) is 43.6 Å². The van der Waals surface area contributed by atoms with Crippen LogP contribution in [0.5, 0.6) is 0 Å². The van der Waals surface area contributed by atoms with Crippen molar-refractivity contribution in [3.63, 3.8) is 0 Å². The molecule has 1 aliphatic heterocycles. The molecule has 32 heavy (non-hydrogen) atoms. The first kappa shape index (κ1) is 22.9. The summed E-state index contributed by atoms with van der Waals surface area (Å²) in [5.41, 5.74) is 1.28. The second kappa shape index (κ2) is 9.71. The highest BCUT2D eigenvalue weighted by Gasteiger charge is 2.52. The van der Waals surface area contributed by atoms with Gasteiger partial charge in [-0.2, -0.15) is 0 Å². The van der Waals surface area contributed by atoms with E-state index in [0.29, 0.717) is 0 Å². The first-order valence-corrected chi connectivity index (χ1v) is 13.5. The van der Waals surface area contributed by atoms with Gasteiger partial charge in [-0.3, -0.25) is 4.90 Å². The van der Waals surface area contributed by atoms with Crippen LogP contribution in [-0.2, 0) is 11.0 Å². The number of benzene rings is 3. The molecule has 0 bridgehead atoms. The molecule has 2 atom stereocenters. The summed E-state index contributed by atoms with van der Waals surface area (Å²) in [6, 6.07) is 32.3. The monoisotopic (exact) mass is 445 g/mol. The lowest BCUT2D eigenvalue weighted by molar-refractivity contribution is 0.151. The molecule has 1 heterocycles. The minimum atomic E-state index is -2.59. The van der Waals surface area contributed by atoms with E-state index < -0.39 is 8.32 Å². The third-order valence-electron chi connectivity index (χ3n) is 6.69. The lowest BCUT2D eigenvalue weighted by Crippen LogP contribution is -2.67. The van der Waals surface area contributed by atoms with Crippen LogP contribution >= 0.6 is 0 Å². The molecule has 0 aromatic heterocycles. The average molecular weight is 446 g/mol. The molecule has 1 N–H and O–H groups in total. The first-order chi connectivity index (χ1) is 15.4. The third-order valence-corrected chi connectivity index (χ3v) is 11.8. The van der Waals surface area contributed by atoms with E-state index in [-0.39, 0.29) is 23.8 Å². The van der Waals surface area contributed by atoms with Crippen molar-refractivity contribution in [2.24, 2.45) is 0 Å². The van der Waals surface area contributed by atoms with E-state index in [4.69, 9.17) is 4.43 Å². The Bertz CT molecular complexity index is 933. The van der Waals surface area contributed by atoms with E-state index in [9.17, 15) is 5.11 Å². The zero-order valence-corrected chi connectivity index (χ0v) is 20.4. The van der Waals surface area contributed by atoms with Gasteiger partial charge in [0.05, 0.1) is 12.7 Å². The van der Waals surface area contributed by atoms with Gasteiger partial charge in [-0.25, -0.2) is 0 Å². The number of rotatable bonds is 7. The van der Waals surface area contributed by atoms with Crippen LogP contribution in [0.1, 0.15) is 32.8 Å². The van der Waals surface area contributed by atoms with E-state index in [1.165, 1.54) is 15.9 Å². The number of hydrogen-bond donors (Lipinski definition) is 1. The molecule has 3 aromatic carbocycles. The maximum absolute atomic E-state index is 10.1. The number of aliphatic hydroxyl groups excluding tert-OH is 1. The molecular weight excluding hydrogens is 410 g/mol. The quantitative estimate of drug-likeness (QED) is 0.553. The molecule has 0 spiro atoms. The topological polar surface area (TPSA) is 32.7 Å². The fraction of sp³-hybridized carbons (Fsp3) is 0.357. The molecule has 0 amide bonds. The summed E-state index contributed by atoms with van der Waals surface area (Å²) in [4.78, 5) is 2.39. The van der Waals surface area contributed by atoms with Gasteiger partial charge in [0.15, 0.2) is 0 Å². The third kappa shape index (κ3) is 4.60. The van der Waals surface area contributed by atoms with Crippen molar-refractivity contribution in [1.29, 1.82) is 0 Å². The molecule has 1 saturated heterocycles. The van der Waals surface area contributed by atoms with Gasteiger partial charge in [0.1, 0.15) is 0 Å². The summed E-state index contributed by atoms with van der Waals surface area (Å²) in [6.07, 6.45) is 0.940. The Morgan fingerprint density at radius 3 is 1.81 bits per heavy atom. The lowest BCUT2D eigenvalue weighted by Gasteiger charge is -2.44. The van der Waals surface area contributed by atoms with Crippen molar-refractivity contribution in [1.82, 2.24) is 4.90 Å². The SMILES string of the molecule is CC(C)(C)[Si](OC1CC(CO)N(Cc2ccccc2)C1)(c1ccccc1)c1ccccc1. The standard InChI is InChI=1S/C28H35NO2Si/c1-28(2,3)32(26-15-9-5-10-16-26,27-17-11-6-12-18-27)31-25-19-24(22-30)29(21-25)20-23-13-7-4-8-14-23/h4-18,24-25,30H,19-22H2,1-3H3. The molecule has 0 saturated carbocycles. The Labute approximate surface area is 193 Å². The Hall–Kier alpha value is -2.24. The minimum absolute atomic E-state index is 0.0444. The van der Waals surface area contributed by atoms with Gasteiger partial charge >= 0.3 is 0 Å². The molecule has 1 fully saturated rings. The summed E-state index contributed by atoms with van der Waals surface area (Å²) in [6.45, 7) is 8.79. The molecule has 2 unspecified atom stereocenters. The van der Waals surface area contributed by atoms with Crippen LogP contribution in [0.15, 0.2) is 91.0 Å². The zero-order chi connectivity index (χ0) is 22.6. The molecule has 0 radical (unpaired) electrons. The average Bonchev–Trinajstić information content (AvgIpc) is 3.19. The highest BCUT2D eigenvalue weighted by Crippen LogP contribution is 2.39. The Balaban J connectivity index is 1.69. The molecule has 168 valence electrons. The smallest absolute Gasteiger partial charge is 0.261 e. The number of likely N-dealkylation sites (tertiary alicyclic amines) is 1. The van der Waals surface area contributed by atoms with Crippen LogP contribution in [0, 0.1) is 0 Å². The van der Waals surface area contributed by atoms with Crippen LogP contribution in [0.25, 0.3) is 0 Å². The second-order valence-electron chi connectivity index (χ2n) is 9.89. The summed E-state index contributed by atoms with van der Waals surface area (Å²) in [5.74, 6) is 0. The van der Waals surface area contributed by atoms with E-state index >= 15 is 0 Å². The van der Waals surface area contributed by atoms with Crippen molar-refractivity contribution in [3.8, 4) is 0 Å². The maximum Gasteiger partial charge on any atom is 0.261 e. The van der Waals surface area contributed by atoms with Crippen LogP contribution in [0.4, 0.5) is 0 Å². The number of nitrogens with zero attached hydrogens (tertiary/aromatic N) is 1. The normalized spacial score (nSPS) is 19.9. The van der Waals surface area contributed by atoms with Gasteiger partial charge in [0.25, 0.3) is 8.32 Å². The van der Waals surface area contributed by atoms with Gasteiger partial charge in [-0.05, 0) is 27.4 Å². The molecule has 3 aromatic rings. The van der Waals surface area contributed by atoms with Crippen molar-refractivity contribution >= 4 is 18.7 Å². The molecule has 3 nitrogen and oxygen atoms in total. The lowest BCUT2D eigenvalue weighted by atomic mass is 10.2. The van der Waals surface area contributed by atoms with Crippen molar-refractivity contribution in [2.45, 2.75) is 50.9 Å². The van der Waals surface area contributed by atoms with Gasteiger partial charge in [-0.1, -0.05) is 112 Å². The Morgan fingerprint density at radius 2 is 1.34 bits per heavy atom. The van der Waals surface area contributed by atoms with Gasteiger partial charge in [0, 0.05) is 19.1 Å². The summed E-state index contributed by atoms with van der Waals surface area (Å²) in [7, 11) is -2.59. The van der Waals surface area contributed by atoms with Crippen LogP contribution in [0.2, 0.25) is 5.04 Å². The molecule has 4 rings (SSSR count). The van der Waals surface area contributed by atoms with Crippen molar-refractivity contribution in [3.05, 3.63) is 96.6 Å². The van der Waals surface area contributed by atoms with Crippen molar-refractivity contribution in [2.75, 3.05) is 13.2 Å². The zero-order valence-electron chi connectivity index (χ0n) is 19.4. The first-order valence-electron chi connectivity index (χ1n) is 11.6. The highest BCUT2D eigenvalue weighted by atomic mass is 28.4. The molecule has 0 aliphatic carbocycles. The van der Waals surface area contributed by atoms with E-state index in [1.54, 1.807) is 0 Å². The fourth-order valence-electron chi connectivity index (χ4n) is 5.17. The Kier molecular flexibility index (Phi) is 6.96. The van der Waals surface area contributed by atoms with E-state index in [1.807, 2.05) is 6.07 Å². The van der Waals surface area contributed by atoms with Gasteiger partial charge in [0.2, 0.25) is 0 Å². The van der Waals surface area contributed by atoms with Crippen LogP contribution < -0.4 is 10.4 Å². The van der Waals surface area contributed by atoms with E-state index in [0.717, 1.165) is 19.5 Å². The van der Waals surface area contributed by atoms with E-state index in [2.05, 4.69) is 111 Å². The minimum Gasteiger partial charge on any atom is -0.403 e. The van der Waals surface area contributed by atoms with Crippen LogP contribution in [0.3, 0.4) is 0 Å². The number of aliphatic hydroxyl groups is 1. The fourth-order valence-corrected chi connectivity index (χ4v) is 9.85. The second-order valence-corrected chi connectivity index (χ2v) is 14.1. The van der Waals surface area contributed by atoms with Gasteiger partial charge < -0.3 is 9.53 Å². The predicted octanol–water partition coefficient (Wildman–Crippen LogP) is 4.20. The summed E-state index contributed by atoms with van der Waals surface area (Å²) >= 11 is 0.